The first-order chi connectivity index (χ1) is 7.42. The lowest BCUT2D eigenvalue weighted by Crippen LogP contribution is -2.14. The summed E-state index contributed by atoms with van der Waals surface area (Å²) in [4.78, 5) is 1.36. The standard InChI is InChI=1S/C13H20BrNS/c1-5-15-9-10-6-7-11(14)8-12(10)16-13(2,3)4/h6-8,15H,5,9H2,1-4H3. The van der Waals surface area contributed by atoms with Crippen molar-refractivity contribution in [3.05, 3.63) is 28.2 Å². The van der Waals surface area contributed by atoms with E-state index in [0.29, 0.717) is 0 Å². The third kappa shape index (κ3) is 4.89. The van der Waals surface area contributed by atoms with E-state index < -0.39 is 0 Å². The molecule has 1 aromatic rings. The Bertz CT molecular complexity index is 344. The first-order valence-corrected chi connectivity index (χ1v) is 7.21. The van der Waals surface area contributed by atoms with E-state index >= 15 is 0 Å². The second-order valence-corrected chi connectivity index (χ2v) is 7.53. The maximum Gasteiger partial charge on any atom is 0.0216 e. The number of rotatable bonds is 4. The molecule has 16 heavy (non-hydrogen) atoms. The third-order valence-corrected chi connectivity index (χ3v) is 3.72. The highest BCUT2D eigenvalue weighted by atomic mass is 79.9. The van der Waals surface area contributed by atoms with Crippen LogP contribution in [0.25, 0.3) is 0 Å². The van der Waals surface area contributed by atoms with E-state index in [2.05, 4.69) is 67.1 Å². The molecule has 1 nitrogen and oxygen atoms in total. The highest BCUT2D eigenvalue weighted by molar-refractivity contribution is 9.10. The number of hydrogen-bond donors (Lipinski definition) is 1. The van der Waals surface area contributed by atoms with Crippen LogP contribution in [0.2, 0.25) is 0 Å². The normalized spacial score (nSPS) is 11.8. The van der Waals surface area contributed by atoms with Crippen molar-refractivity contribution in [1.29, 1.82) is 0 Å². The van der Waals surface area contributed by atoms with Gasteiger partial charge in [0.25, 0.3) is 0 Å². The van der Waals surface area contributed by atoms with E-state index in [9.17, 15) is 0 Å². The molecule has 0 aliphatic rings. The van der Waals surface area contributed by atoms with Gasteiger partial charge < -0.3 is 5.32 Å². The number of hydrogen-bond acceptors (Lipinski definition) is 2. The fourth-order valence-corrected chi connectivity index (χ4v) is 2.99. The Kier molecular flexibility index (Phi) is 5.35. The number of halogens is 1. The van der Waals surface area contributed by atoms with E-state index in [4.69, 9.17) is 0 Å². The van der Waals surface area contributed by atoms with Gasteiger partial charge in [-0.2, -0.15) is 0 Å². The molecule has 0 heterocycles. The fraction of sp³-hybridized carbons (Fsp3) is 0.538. The van der Waals surface area contributed by atoms with Gasteiger partial charge in [0, 0.05) is 20.7 Å². The van der Waals surface area contributed by atoms with Crippen LogP contribution >= 0.6 is 27.7 Å². The second kappa shape index (κ2) is 6.08. The van der Waals surface area contributed by atoms with Gasteiger partial charge in [0.05, 0.1) is 0 Å². The molecule has 0 bridgehead atoms. The zero-order valence-electron chi connectivity index (χ0n) is 10.4. The minimum absolute atomic E-state index is 0.252. The predicted molar refractivity (Wildman–Crippen MR) is 77.1 cm³/mol. The highest BCUT2D eigenvalue weighted by Gasteiger charge is 2.14. The summed E-state index contributed by atoms with van der Waals surface area (Å²) >= 11 is 5.46. The summed E-state index contributed by atoms with van der Waals surface area (Å²) in [6, 6.07) is 6.52. The Morgan fingerprint density at radius 1 is 1.31 bits per heavy atom. The molecule has 0 radical (unpaired) electrons. The van der Waals surface area contributed by atoms with Crippen molar-refractivity contribution in [3.63, 3.8) is 0 Å². The van der Waals surface area contributed by atoms with Gasteiger partial charge in [0.2, 0.25) is 0 Å². The van der Waals surface area contributed by atoms with Crippen molar-refractivity contribution in [3.8, 4) is 0 Å². The molecule has 0 aliphatic carbocycles. The first kappa shape index (κ1) is 14.1. The molecule has 3 heteroatoms. The van der Waals surface area contributed by atoms with E-state index in [1.807, 2.05) is 11.8 Å². The van der Waals surface area contributed by atoms with Crippen molar-refractivity contribution in [2.24, 2.45) is 0 Å². The van der Waals surface area contributed by atoms with Gasteiger partial charge in [-0.1, -0.05) is 49.7 Å². The third-order valence-electron chi connectivity index (χ3n) is 2.01. The van der Waals surface area contributed by atoms with E-state index in [-0.39, 0.29) is 4.75 Å². The lowest BCUT2D eigenvalue weighted by atomic mass is 10.2. The molecule has 0 aromatic heterocycles. The number of thioether (sulfide) groups is 1. The molecule has 0 aliphatic heterocycles. The molecule has 1 aromatic carbocycles. The molecule has 1 N–H and O–H groups in total. The minimum Gasteiger partial charge on any atom is -0.313 e. The summed E-state index contributed by atoms with van der Waals surface area (Å²) in [6.07, 6.45) is 0. The Morgan fingerprint density at radius 3 is 2.56 bits per heavy atom. The Balaban J connectivity index is 2.89. The van der Waals surface area contributed by atoms with Crippen LogP contribution in [0.1, 0.15) is 33.3 Å². The van der Waals surface area contributed by atoms with Crippen LogP contribution in [-0.4, -0.2) is 11.3 Å². The smallest absolute Gasteiger partial charge is 0.0216 e. The van der Waals surface area contributed by atoms with Crippen LogP contribution in [0.5, 0.6) is 0 Å². The zero-order chi connectivity index (χ0) is 12.2. The second-order valence-electron chi connectivity index (χ2n) is 4.75. The molecule has 1 rings (SSSR count). The summed E-state index contributed by atoms with van der Waals surface area (Å²) < 4.78 is 1.40. The van der Waals surface area contributed by atoms with Gasteiger partial charge in [-0.3, -0.25) is 0 Å². The van der Waals surface area contributed by atoms with Crippen molar-refractivity contribution in [1.82, 2.24) is 5.32 Å². The minimum atomic E-state index is 0.252. The maximum absolute atomic E-state index is 3.54. The lowest BCUT2D eigenvalue weighted by molar-refractivity contribution is 0.716. The Labute approximate surface area is 112 Å². The van der Waals surface area contributed by atoms with Crippen LogP contribution in [0.3, 0.4) is 0 Å². The zero-order valence-corrected chi connectivity index (χ0v) is 12.8. The van der Waals surface area contributed by atoms with Crippen molar-refractivity contribution < 1.29 is 0 Å². The molecule has 0 amide bonds. The molecule has 0 unspecified atom stereocenters. The van der Waals surface area contributed by atoms with Gasteiger partial charge in [0.1, 0.15) is 0 Å². The summed E-state index contributed by atoms with van der Waals surface area (Å²) in [5.74, 6) is 0. The average molecular weight is 302 g/mol. The monoisotopic (exact) mass is 301 g/mol. The summed E-state index contributed by atoms with van der Waals surface area (Å²) in [5, 5.41) is 3.38. The topological polar surface area (TPSA) is 12.0 Å². The number of benzene rings is 1. The fourth-order valence-electron chi connectivity index (χ4n) is 1.36. The largest absolute Gasteiger partial charge is 0.313 e. The van der Waals surface area contributed by atoms with Gasteiger partial charge in [-0.05, 0) is 24.2 Å². The highest BCUT2D eigenvalue weighted by Crippen LogP contribution is 2.35. The van der Waals surface area contributed by atoms with E-state index in [1.165, 1.54) is 10.5 Å². The molecule has 0 fully saturated rings. The lowest BCUT2D eigenvalue weighted by Gasteiger charge is -2.20. The van der Waals surface area contributed by atoms with E-state index in [0.717, 1.165) is 17.6 Å². The number of nitrogens with one attached hydrogen (secondary N) is 1. The van der Waals surface area contributed by atoms with Crippen LogP contribution in [-0.2, 0) is 6.54 Å². The van der Waals surface area contributed by atoms with Crippen molar-refractivity contribution in [2.45, 2.75) is 43.9 Å². The van der Waals surface area contributed by atoms with Gasteiger partial charge in [-0.25, -0.2) is 0 Å². The van der Waals surface area contributed by atoms with Crippen LogP contribution in [0.15, 0.2) is 27.6 Å². The van der Waals surface area contributed by atoms with Gasteiger partial charge in [-0.15, -0.1) is 11.8 Å². The molecular formula is C13H20BrNS. The van der Waals surface area contributed by atoms with E-state index in [1.54, 1.807) is 0 Å². The summed E-state index contributed by atoms with van der Waals surface area (Å²) in [5.41, 5.74) is 1.38. The predicted octanol–water partition coefficient (Wildman–Crippen LogP) is 4.45. The van der Waals surface area contributed by atoms with Crippen molar-refractivity contribution in [2.75, 3.05) is 6.54 Å². The quantitative estimate of drug-likeness (QED) is 0.825. The van der Waals surface area contributed by atoms with Gasteiger partial charge in [0.15, 0.2) is 0 Å². The molecule has 0 saturated heterocycles. The molecular weight excluding hydrogens is 282 g/mol. The van der Waals surface area contributed by atoms with Crippen LogP contribution in [0.4, 0.5) is 0 Å². The molecule has 90 valence electrons. The Morgan fingerprint density at radius 2 is 2.00 bits per heavy atom. The molecule has 0 atom stereocenters. The molecule has 0 spiro atoms. The maximum atomic E-state index is 3.54. The first-order valence-electron chi connectivity index (χ1n) is 5.60. The van der Waals surface area contributed by atoms with Crippen LogP contribution < -0.4 is 5.32 Å². The van der Waals surface area contributed by atoms with Gasteiger partial charge >= 0.3 is 0 Å². The SMILES string of the molecule is CCNCc1ccc(Br)cc1SC(C)(C)C. The molecule has 0 saturated carbocycles. The van der Waals surface area contributed by atoms with Crippen LogP contribution in [0, 0.1) is 0 Å². The average Bonchev–Trinajstić information content (AvgIpc) is 2.14. The van der Waals surface area contributed by atoms with Crippen molar-refractivity contribution >= 4 is 27.7 Å². The summed E-state index contributed by atoms with van der Waals surface area (Å²) in [6.45, 7) is 10.8. The summed E-state index contributed by atoms with van der Waals surface area (Å²) in [7, 11) is 0. The Hall–Kier alpha value is 0.01000.